The maximum absolute atomic E-state index is 12.6. The van der Waals surface area contributed by atoms with E-state index in [1.54, 1.807) is 24.5 Å². The van der Waals surface area contributed by atoms with E-state index in [2.05, 4.69) is 21.8 Å². The van der Waals surface area contributed by atoms with Crippen LogP contribution in [0.25, 0.3) is 33.2 Å². The summed E-state index contributed by atoms with van der Waals surface area (Å²) in [6.45, 7) is 0. The molecule has 4 nitrogen and oxygen atoms in total. The van der Waals surface area contributed by atoms with Crippen LogP contribution in [-0.4, -0.2) is 9.97 Å². The Kier molecular flexibility index (Phi) is 4.12. The number of hydrogen-bond acceptors (Lipinski definition) is 4. The van der Waals surface area contributed by atoms with Crippen molar-refractivity contribution >= 4 is 21.7 Å². The van der Waals surface area contributed by atoms with Crippen molar-refractivity contribution in [2.45, 2.75) is 0 Å². The number of aromatic nitrogens is 2. The molecule has 0 N–H and O–H groups in total. The van der Waals surface area contributed by atoms with Crippen molar-refractivity contribution in [2.24, 2.45) is 0 Å². The number of rotatable bonds is 1. The molecule has 0 atom stereocenters. The SMILES string of the molecule is O=c1cc(-c2cc3ccccc3cn2)oc2cc(C#Cc3ccccn3)ccc12. The maximum Gasteiger partial charge on any atom is 0.193 e. The molecule has 29 heavy (non-hydrogen) atoms. The van der Waals surface area contributed by atoms with E-state index in [0.29, 0.717) is 28.1 Å². The van der Waals surface area contributed by atoms with E-state index < -0.39 is 0 Å². The molecule has 0 spiro atoms. The average Bonchev–Trinajstić information content (AvgIpc) is 2.78. The predicted molar refractivity (Wildman–Crippen MR) is 113 cm³/mol. The number of hydrogen-bond donors (Lipinski definition) is 0. The van der Waals surface area contributed by atoms with Crippen molar-refractivity contribution in [1.82, 2.24) is 9.97 Å². The van der Waals surface area contributed by atoms with Crippen LogP contribution in [0.15, 0.2) is 94.4 Å². The Morgan fingerprint density at radius 2 is 1.66 bits per heavy atom. The van der Waals surface area contributed by atoms with Gasteiger partial charge < -0.3 is 4.42 Å². The zero-order valence-corrected chi connectivity index (χ0v) is 15.3. The van der Waals surface area contributed by atoms with E-state index >= 15 is 0 Å². The second-order valence-corrected chi connectivity index (χ2v) is 6.57. The van der Waals surface area contributed by atoms with Crippen LogP contribution < -0.4 is 5.43 Å². The van der Waals surface area contributed by atoms with E-state index in [-0.39, 0.29) is 5.43 Å². The highest BCUT2D eigenvalue weighted by molar-refractivity contribution is 5.85. The van der Waals surface area contributed by atoms with Gasteiger partial charge in [-0.1, -0.05) is 36.3 Å². The molecule has 0 radical (unpaired) electrons. The van der Waals surface area contributed by atoms with Gasteiger partial charge in [0.15, 0.2) is 11.2 Å². The summed E-state index contributed by atoms with van der Waals surface area (Å²) in [5, 5.41) is 2.58. The van der Waals surface area contributed by atoms with Crippen molar-refractivity contribution in [1.29, 1.82) is 0 Å². The predicted octanol–water partition coefficient (Wildman–Crippen LogP) is 4.80. The quantitative estimate of drug-likeness (QED) is 0.395. The van der Waals surface area contributed by atoms with Crippen LogP contribution in [0.3, 0.4) is 0 Å². The van der Waals surface area contributed by atoms with Gasteiger partial charge in [-0.2, -0.15) is 0 Å². The number of pyridine rings is 2. The number of fused-ring (bicyclic) bond motifs is 2. The third-order valence-corrected chi connectivity index (χ3v) is 4.61. The first-order chi connectivity index (χ1) is 14.3. The minimum Gasteiger partial charge on any atom is -0.454 e. The molecule has 5 aromatic rings. The largest absolute Gasteiger partial charge is 0.454 e. The normalized spacial score (nSPS) is 10.6. The van der Waals surface area contributed by atoms with Gasteiger partial charge in [-0.15, -0.1) is 0 Å². The molecule has 0 unspecified atom stereocenters. The summed E-state index contributed by atoms with van der Waals surface area (Å²) in [4.78, 5) is 21.2. The second kappa shape index (κ2) is 7.06. The van der Waals surface area contributed by atoms with Crippen LogP contribution in [0.1, 0.15) is 11.3 Å². The second-order valence-electron chi connectivity index (χ2n) is 6.57. The highest BCUT2D eigenvalue weighted by Gasteiger charge is 2.09. The van der Waals surface area contributed by atoms with Crippen molar-refractivity contribution in [3.05, 3.63) is 107 Å². The Morgan fingerprint density at radius 1 is 0.793 bits per heavy atom. The van der Waals surface area contributed by atoms with Gasteiger partial charge in [-0.05, 0) is 47.7 Å². The molecule has 0 aliphatic carbocycles. The Balaban J connectivity index is 1.60. The monoisotopic (exact) mass is 374 g/mol. The molecule has 2 aromatic carbocycles. The van der Waals surface area contributed by atoms with Crippen molar-refractivity contribution < 1.29 is 4.42 Å². The number of benzene rings is 2. The van der Waals surface area contributed by atoms with E-state index in [9.17, 15) is 4.79 Å². The zero-order chi connectivity index (χ0) is 19.6. The highest BCUT2D eigenvalue weighted by atomic mass is 16.3. The van der Waals surface area contributed by atoms with Crippen LogP contribution >= 0.6 is 0 Å². The molecule has 136 valence electrons. The molecular weight excluding hydrogens is 360 g/mol. The summed E-state index contributed by atoms with van der Waals surface area (Å²) in [6.07, 6.45) is 3.48. The first-order valence-electron chi connectivity index (χ1n) is 9.12. The van der Waals surface area contributed by atoms with E-state index in [0.717, 1.165) is 16.3 Å². The molecule has 5 rings (SSSR count). The molecule has 0 saturated carbocycles. The summed E-state index contributed by atoms with van der Waals surface area (Å²) in [5.74, 6) is 6.51. The van der Waals surface area contributed by atoms with Gasteiger partial charge in [0.25, 0.3) is 0 Å². The zero-order valence-electron chi connectivity index (χ0n) is 15.3. The molecule has 0 amide bonds. The smallest absolute Gasteiger partial charge is 0.193 e. The molecule has 0 fully saturated rings. The van der Waals surface area contributed by atoms with Gasteiger partial charge in [0.05, 0.1) is 5.39 Å². The Morgan fingerprint density at radius 3 is 2.52 bits per heavy atom. The first kappa shape index (κ1) is 16.9. The van der Waals surface area contributed by atoms with Gasteiger partial charge in [0, 0.05) is 29.4 Å². The molecule has 0 aliphatic rings. The van der Waals surface area contributed by atoms with Crippen LogP contribution in [0.4, 0.5) is 0 Å². The fraction of sp³-hybridized carbons (Fsp3) is 0. The molecule has 3 heterocycles. The van der Waals surface area contributed by atoms with E-state index in [1.165, 1.54) is 6.07 Å². The molecule has 0 saturated heterocycles. The van der Waals surface area contributed by atoms with Crippen molar-refractivity contribution in [3.8, 4) is 23.3 Å². The first-order valence-corrected chi connectivity index (χ1v) is 9.12. The fourth-order valence-electron chi connectivity index (χ4n) is 3.15. The lowest BCUT2D eigenvalue weighted by Crippen LogP contribution is -2.01. The standard InChI is InChI=1S/C25H14N2O2/c28-23-15-25(22-14-18-5-1-2-6-19(18)16-27-22)29-24-13-17(9-11-21(23)24)8-10-20-7-3-4-12-26-20/h1-7,9,11-16H. The summed E-state index contributed by atoms with van der Waals surface area (Å²) in [5.41, 5.74) is 2.42. The summed E-state index contributed by atoms with van der Waals surface area (Å²) >= 11 is 0. The van der Waals surface area contributed by atoms with E-state index in [4.69, 9.17) is 4.42 Å². The van der Waals surface area contributed by atoms with E-state index in [1.807, 2.05) is 54.6 Å². The molecule has 4 heteroatoms. The Hall–Kier alpha value is -4.23. The molecular formula is C25H14N2O2. The van der Waals surface area contributed by atoms with Crippen LogP contribution in [0.2, 0.25) is 0 Å². The third kappa shape index (κ3) is 3.38. The summed E-state index contributed by atoms with van der Waals surface area (Å²) in [7, 11) is 0. The minimum atomic E-state index is -0.111. The third-order valence-electron chi connectivity index (χ3n) is 4.61. The molecule has 0 bridgehead atoms. The fourth-order valence-corrected chi connectivity index (χ4v) is 3.15. The van der Waals surface area contributed by atoms with Crippen LogP contribution in [-0.2, 0) is 0 Å². The lowest BCUT2D eigenvalue weighted by atomic mass is 10.1. The topological polar surface area (TPSA) is 56.0 Å². The van der Waals surface area contributed by atoms with Gasteiger partial charge in [-0.25, -0.2) is 4.98 Å². The molecule has 0 aliphatic heterocycles. The summed E-state index contributed by atoms with van der Waals surface area (Å²) < 4.78 is 6.02. The van der Waals surface area contributed by atoms with Gasteiger partial charge in [0.1, 0.15) is 17.0 Å². The van der Waals surface area contributed by atoms with Gasteiger partial charge in [-0.3, -0.25) is 9.78 Å². The maximum atomic E-state index is 12.6. The average molecular weight is 374 g/mol. The molecule has 3 aromatic heterocycles. The summed E-state index contributed by atoms with van der Waals surface area (Å²) in [6, 6.07) is 22.2. The lowest BCUT2D eigenvalue weighted by molar-refractivity contribution is 0.616. The number of nitrogens with zero attached hydrogens (tertiary/aromatic N) is 2. The van der Waals surface area contributed by atoms with Gasteiger partial charge in [0.2, 0.25) is 0 Å². The Bertz CT molecular complexity index is 1480. The highest BCUT2D eigenvalue weighted by Crippen LogP contribution is 2.24. The van der Waals surface area contributed by atoms with Crippen molar-refractivity contribution in [2.75, 3.05) is 0 Å². The Labute approximate surface area is 166 Å². The van der Waals surface area contributed by atoms with Crippen LogP contribution in [0.5, 0.6) is 0 Å². The van der Waals surface area contributed by atoms with Gasteiger partial charge >= 0.3 is 0 Å². The van der Waals surface area contributed by atoms with Crippen molar-refractivity contribution in [3.63, 3.8) is 0 Å². The lowest BCUT2D eigenvalue weighted by Gasteiger charge is -2.04. The minimum absolute atomic E-state index is 0.111. The van der Waals surface area contributed by atoms with Crippen LogP contribution in [0, 0.1) is 11.8 Å².